The molecule has 0 bridgehead atoms. The Bertz CT molecular complexity index is 861. The van der Waals surface area contributed by atoms with Gasteiger partial charge in [0.1, 0.15) is 29.9 Å². The fourth-order valence-electron chi connectivity index (χ4n) is 2.52. The van der Waals surface area contributed by atoms with Crippen molar-refractivity contribution in [2.75, 3.05) is 0 Å². The molecule has 0 saturated carbocycles. The fraction of sp³-hybridized carbons (Fsp3) is 0.136. The van der Waals surface area contributed by atoms with Crippen molar-refractivity contribution in [2.24, 2.45) is 5.73 Å². The quantitative estimate of drug-likeness (QED) is 0.624. The molecular formula is C22H21NO4. The number of rotatable bonds is 7. The van der Waals surface area contributed by atoms with Crippen molar-refractivity contribution in [1.29, 1.82) is 0 Å². The number of hydrogen-bond donors (Lipinski definition) is 2. The highest BCUT2D eigenvalue weighted by atomic mass is 16.5. The number of carbonyl (C=O) groups excluding carboxylic acids is 1. The van der Waals surface area contributed by atoms with Gasteiger partial charge in [-0.2, -0.15) is 0 Å². The van der Waals surface area contributed by atoms with E-state index in [-0.39, 0.29) is 12.4 Å². The summed E-state index contributed by atoms with van der Waals surface area (Å²) in [5.74, 6) is 1.04. The predicted octanol–water partition coefficient (Wildman–Crippen LogP) is 3.80. The Labute approximate surface area is 158 Å². The largest absolute Gasteiger partial charge is 0.508 e. The number of esters is 1. The monoisotopic (exact) mass is 363 g/mol. The van der Waals surface area contributed by atoms with Crippen LogP contribution >= 0.6 is 0 Å². The van der Waals surface area contributed by atoms with Crippen molar-refractivity contribution < 1.29 is 19.4 Å². The molecular weight excluding hydrogens is 342 g/mol. The molecule has 5 nitrogen and oxygen atoms in total. The smallest absolute Gasteiger partial charge is 0.323 e. The Hall–Kier alpha value is -3.31. The van der Waals surface area contributed by atoms with E-state index in [4.69, 9.17) is 15.2 Å². The standard InChI is InChI=1S/C22H21NO4/c23-21(22(25)26-15-17-4-2-1-3-5-17)14-16-6-10-19(11-7-16)27-20-12-8-18(24)9-13-20/h1-13,21,24H,14-15,23H2/t21-/m0/s1. The van der Waals surface area contributed by atoms with Gasteiger partial charge in [-0.25, -0.2) is 0 Å². The van der Waals surface area contributed by atoms with Crippen LogP contribution in [0.1, 0.15) is 11.1 Å². The van der Waals surface area contributed by atoms with Crippen molar-refractivity contribution >= 4 is 5.97 Å². The lowest BCUT2D eigenvalue weighted by molar-refractivity contribution is -0.146. The van der Waals surface area contributed by atoms with E-state index in [2.05, 4.69) is 0 Å². The maximum atomic E-state index is 12.1. The molecule has 0 aromatic heterocycles. The number of phenols is 1. The number of hydrogen-bond acceptors (Lipinski definition) is 5. The number of nitrogens with two attached hydrogens (primary N) is 1. The van der Waals surface area contributed by atoms with Gasteiger partial charge in [0.15, 0.2) is 0 Å². The van der Waals surface area contributed by atoms with Gasteiger partial charge in [0.2, 0.25) is 0 Å². The minimum absolute atomic E-state index is 0.186. The van der Waals surface area contributed by atoms with Crippen LogP contribution in [-0.2, 0) is 22.6 Å². The molecule has 27 heavy (non-hydrogen) atoms. The SMILES string of the molecule is N[C@@H](Cc1ccc(Oc2ccc(O)cc2)cc1)C(=O)OCc1ccccc1. The van der Waals surface area contributed by atoms with Gasteiger partial charge in [0, 0.05) is 0 Å². The van der Waals surface area contributed by atoms with E-state index in [0.29, 0.717) is 17.9 Å². The third-order valence-corrected chi connectivity index (χ3v) is 3.98. The van der Waals surface area contributed by atoms with Gasteiger partial charge in [-0.3, -0.25) is 4.79 Å². The van der Waals surface area contributed by atoms with E-state index in [1.807, 2.05) is 54.6 Å². The molecule has 1 atom stereocenters. The first-order chi connectivity index (χ1) is 13.1. The van der Waals surface area contributed by atoms with Crippen LogP contribution in [0.2, 0.25) is 0 Å². The van der Waals surface area contributed by atoms with Crippen LogP contribution in [0.25, 0.3) is 0 Å². The summed E-state index contributed by atoms with van der Waals surface area (Å²) >= 11 is 0. The molecule has 0 saturated heterocycles. The third-order valence-electron chi connectivity index (χ3n) is 3.98. The molecule has 0 aliphatic heterocycles. The Morgan fingerprint density at radius 1 is 0.852 bits per heavy atom. The summed E-state index contributed by atoms with van der Waals surface area (Å²) < 4.78 is 11.0. The summed E-state index contributed by atoms with van der Waals surface area (Å²) in [5.41, 5.74) is 7.80. The van der Waals surface area contributed by atoms with Crippen molar-refractivity contribution in [3.05, 3.63) is 90.0 Å². The van der Waals surface area contributed by atoms with Gasteiger partial charge >= 0.3 is 5.97 Å². The Balaban J connectivity index is 1.51. The minimum Gasteiger partial charge on any atom is -0.508 e. The first-order valence-electron chi connectivity index (χ1n) is 8.62. The van der Waals surface area contributed by atoms with Crippen molar-refractivity contribution in [1.82, 2.24) is 0 Å². The van der Waals surface area contributed by atoms with Crippen LogP contribution in [0.3, 0.4) is 0 Å². The molecule has 5 heteroatoms. The van der Waals surface area contributed by atoms with Gasteiger partial charge in [0.05, 0.1) is 0 Å². The highest BCUT2D eigenvalue weighted by molar-refractivity contribution is 5.75. The summed E-state index contributed by atoms with van der Waals surface area (Å²) in [4.78, 5) is 12.1. The lowest BCUT2D eigenvalue weighted by Crippen LogP contribution is -2.34. The lowest BCUT2D eigenvalue weighted by Gasteiger charge is -2.12. The maximum Gasteiger partial charge on any atom is 0.323 e. The Morgan fingerprint density at radius 2 is 1.44 bits per heavy atom. The molecule has 0 amide bonds. The fourth-order valence-corrected chi connectivity index (χ4v) is 2.52. The second-order valence-electron chi connectivity index (χ2n) is 6.14. The van der Waals surface area contributed by atoms with Crippen molar-refractivity contribution in [3.8, 4) is 17.2 Å². The summed E-state index contributed by atoms with van der Waals surface area (Å²) in [6.45, 7) is 0.215. The highest BCUT2D eigenvalue weighted by Gasteiger charge is 2.16. The zero-order valence-electron chi connectivity index (χ0n) is 14.7. The number of phenolic OH excluding ortho intramolecular Hbond substituents is 1. The minimum atomic E-state index is -0.724. The average Bonchev–Trinajstić information content (AvgIpc) is 2.70. The second kappa shape index (κ2) is 8.87. The molecule has 3 rings (SSSR count). The second-order valence-corrected chi connectivity index (χ2v) is 6.14. The van der Waals surface area contributed by atoms with Crippen LogP contribution in [0.4, 0.5) is 0 Å². The molecule has 0 radical (unpaired) electrons. The first-order valence-corrected chi connectivity index (χ1v) is 8.62. The van der Waals surface area contributed by atoms with Crippen LogP contribution in [0.15, 0.2) is 78.9 Å². The highest BCUT2D eigenvalue weighted by Crippen LogP contribution is 2.23. The van der Waals surface area contributed by atoms with Gasteiger partial charge in [0.25, 0.3) is 0 Å². The Kier molecular flexibility index (Phi) is 6.07. The van der Waals surface area contributed by atoms with E-state index >= 15 is 0 Å². The molecule has 0 unspecified atom stereocenters. The number of carbonyl (C=O) groups is 1. The van der Waals surface area contributed by atoms with Crippen LogP contribution in [-0.4, -0.2) is 17.1 Å². The van der Waals surface area contributed by atoms with E-state index in [0.717, 1.165) is 11.1 Å². The number of benzene rings is 3. The molecule has 0 aliphatic carbocycles. The third kappa shape index (κ3) is 5.59. The first kappa shape index (κ1) is 18.5. The molecule has 3 aromatic rings. The maximum absolute atomic E-state index is 12.1. The van der Waals surface area contributed by atoms with E-state index in [1.165, 1.54) is 0 Å². The van der Waals surface area contributed by atoms with E-state index < -0.39 is 12.0 Å². The number of ether oxygens (including phenoxy) is 2. The molecule has 3 N–H and O–H groups in total. The molecule has 0 spiro atoms. The molecule has 0 fully saturated rings. The van der Waals surface area contributed by atoms with Crippen LogP contribution in [0, 0.1) is 0 Å². The van der Waals surface area contributed by atoms with Crippen molar-refractivity contribution in [2.45, 2.75) is 19.1 Å². The molecule has 138 valence electrons. The zero-order valence-corrected chi connectivity index (χ0v) is 14.7. The van der Waals surface area contributed by atoms with Crippen molar-refractivity contribution in [3.63, 3.8) is 0 Å². The summed E-state index contributed by atoms with van der Waals surface area (Å²) in [6.07, 6.45) is 0.382. The van der Waals surface area contributed by atoms with E-state index in [1.54, 1.807) is 24.3 Å². The molecule has 0 aliphatic rings. The molecule has 3 aromatic carbocycles. The Morgan fingerprint density at radius 3 is 2.07 bits per heavy atom. The normalized spacial score (nSPS) is 11.6. The molecule has 0 heterocycles. The summed E-state index contributed by atoms with van der Waals surface area (Å²) in [7, 11) is 0. The predicted molar refractivity (Wildman–Crippen MR) is 103 cm³/mol. The summed E-state index contributed by atoms with van der Waals surface area (Å²) in [6, 6.07) is 22.6. The lowest BCUT2D eigenvalue weighted by atomic mass is 10.1. The average molecular weight is 363 g/mol. The van der Waals surface area contributed by atoms with Gasteiger partial charge in [-0.1, -0.05) is 42.5 Å². The zero-order chi connectivity index (χ0) is 19.1. The van der Waals surface area contributed by atoms with Gasteiger partial charge in [-0.05, 0) is 53.9 Å². The van der Waals surface area contributed by atoms with Crippen LogP contribution < -0.4 is 10.5 Å². The summed E-state index contributed by atoms with van der Waals surface area (Å²) in [5, 5.41) is 9.29. The number of aromatic hydroxyl groups is 1. The van der Waals surface area contributed by atoms with E-state index in [9.17, 15) is 9.90 Å². The van der Waals surface area contributed by atoms with Gasteiger partial charge < -0.3 is 20.3 Å². The van der Waals surface area contributed by atoms with Gasteiger partial charge in [-0.15, -0.1) is 0 Å². The van der Waals surface area contributed by atoms with Crippen LogP contribution in [0.5, 0.6) is 17.2 Å². The topological polar surface area (TPSA) is 81.8 Å².